The zero-order chi connectivity index (χ0) is 46.4. The number of aliphatic hydroxyl groups is 2. The highest BCUT2D eigenvalue weighted by molar-refractivity contribution is 9.10. The van der Waals surface area contributed by atoms with Gasteiger partial charge in [0.2, 0.25) is 11.8 Å². The molecule has 352 valence electrons. The van der Waals surface area contributed by atoms with Gasteiger partial charge in [-0.15, -0.1) is 0 Å². The number of carbonyl (C=O) groups is 2. The molecule has 0 radical (unpaired) electrons. The smallest absolute Gasteiger partial charge is 0.246 e. The lowest BCUT2D eigenvalue weighted by molar-refractivity contribution is -0.128. The number of hydrogen-bond acceptors (Lipinski definition) is 8. The molecule has 14 heteroatoms. The van der Waals surface area contributed by atoms with E-state index in [1.54, 1.807) is 48.6 Å². The molecule has 4 aliphatic rings. The molecule has 2 aromatic heterocycles. The van der Waals surface area contributed by atoms with E-state index in [2.05, 4.69) is 60.0 Å². The summed E-state index contributed by atoms with van der Waals surface area (Å²) >= 11 is 15.2. The van der Waals surface area contributed by atoms with Crippen LogP contribution in [-0.2, 0) is 9.59 Å². The number of carbonyl (C=O) groups excluding carboxylic acids is 2. The van der Waals surface area contributed by atoms with Crippen LogP contribution in [-0.4, -0.2) is 129 Å². The average Bonchev–Trinajstić information content (AvgIpc) is 3.36. The summed E-state index contributed by atoms with van der Waals surface area (Å²) in [5, 5.41) is 21.3. The lowest BCUT2D eigenvalue weighted by atomic mass is 9.85. The van der Waals surface area contributed by atoms with Crippen molar-refractivity contribution in [2.75, 3.05) is 65.6 Å². The zero-order valence-corrected chi connectivity index (χ0v) is 40.6. The Balaban J connectivity index is 0.000000196. The molecule has 10 nitrogen and oxygen atoms in total. The molecule has 0 aliphatic carbocycles. The van der Waals surface area contributed by atoms with Crippen LogP contribution < -0.4 is 0 Å². The van der Waals surface area contributed by atoms with E-state index in [4.69, 9.17) is 23.2 Å². The van der Waals surface area contributed by atoms with Crippen LogP contribution in [0.2, 0.25) is 10.0 Å². The predicted molar refractivity (Wildman–Crippen MR) is 265 cm³/mol. The topological polar surface area (TPSA) is 113 Å². The standard InChI is InChI=1S/C26H31BrFN3O2.C26H31Cl2N3O2/c27-23-17-19(1-3-24(23)28)2-4-26(33)31-15-9-22(10-16-31)25(18-32)30-13-7-21(8-14-30)20-5-11-29-12-6-20;27-23-3-1-19(17-24(23)28)2-4-26(33)31-15-9-22(10-16-31)25(18-32)30-13-7-21(8-14-30)20-5-11-29-12-6-20/h2*1-6,11-12,17,21-22,25,32H,7-10,13-16,18H2/b2*4-2+. The van der Waals surface area contributed by atoms with E-state index in [1.807, 2.05) is 40.7 Å². The maximum atomic E-state index is 13.4. The number of likely N-dealkylation sites (tertiary alicyclic amines) is 4. The number of hydrogen-bond donors (Lipinski definition) is 2. The van der Waals surface area contributed by atoms with Crippen molar-refractivity contribution in [3.8, 4) is 0 Å². The van der Waals surface area contributed by atoms with Gasteiger partial charge in [0.25, 0.3) is 0 Å². The van der Waals surface area contributed by atoms with Crippen LogP contribution in [0.5, 0.6) is 0 Å². The van der Waals surface area contributed by atoms with E-state index in [-0.39, 0.29) is 42.9 Å². The van der Waals surface area contributed by atoms with Crippen LogP contribution >= 0.6 is 39.1 Å². The third-order valence-corrected chi connectivity index (χ3v) is 15.6. The summed E-state index contributed by atoms with van der Waals surface area (Å²) in [6.07, 6.45) is 22.2. The van der Waals surface area contributed by atoms with Crippen LogP contribution in [0.25, 0.3) is 12.2 Å². The number of rotatable bonds is 12. The van der Waals surface area contributed by atoms with Crippen molar-refractivity contribution in [2.24, 2.45) is 11.8 Å². The molecule has 0 saturated carbocycles. The second kappa shape index (κ2) is 24.8. The van der Waals surface area contributed by atoms with Crippen LogP contribution in [0.4, 0.5) is 4.39 Å². The minimum atomic E-state index is -0.319. The molecule has 2 unspecified atom stereocenters. The Bertz CT molecular complexity index is 2070. The lowest BCUT2D eigenvalue weighted by Gasteiger charge is -2.43. The summed E-state index contributed by atoms with van der Waals surface area (Å²) in [5.74, 6) is 1.62. The molecule has 2 N–H and O–H groups in total. The second-order valence-corrected chi connectivity index (χ2v) is 19.7. The number of halogens is 4. The number of piperidine rings is 4. The van der Waals surface area contributed by atoms with Gasteiger partial charge in [0.1, 0.15) is 5.82 Å². The van der Waals surface area contributed by atoms with Crippen LogP contribution in [0.3, 0.4) is 0 Å². The summed E-state index contributed by atoms with van der Waals surface area (Å²) in [5.41, 5.74) is 4.36. The molecule has 4 aromatic rings. The Hall–Kier alpha value is -4.01. The quantitative estimate of drug-likeness (QED) is 0.135. The van der Waals surface area contributed by atoms with Gasteiger partial charge in [0, 0.05) is 75.2 Å². The van der Waals surface area contributed by atoms with Crippen molar-refractivity contribution in [1.29, 1.82) is 0 Å². The Labute approximate surface area is 407 Å². The molecule has 66 heavy (non-hydrogen) atoms. The molecule has 6 heterocycles. The molecule has 0 spiro atoms. The number of amides is 2. The summed E-state index contributed by atoms with van der Waals surface area (Å²) < 4.78 is 13.8. The number of aliphatic hydroxyl groups excluding tert-OH is 2. The minimum Gasteiger partial charge on any atom is -0.395 e. The predicted octanol–water partition coefficient (Wildman–Crippen LogP) is 9.36. The molecule has 4 aliphatic heterocycles. The molecule has 2 atom stereocenters. The number of benzene rings is 2. The minimum absolute atomic E-state index is 0.0123. The van der Waals surface area contributed by atoms with Gasteiger partial charge in [0.15, 0.2) is 0 Å². The number of pyridine rings is 2. The normalized spacial score (nSPS) is 19.8. The van der Waals surface area contributed by atoms with Gasteiger partial charge < -0.3 is 20.0 Å². The monoisotopic (exact) mass is 1000 g/mol. The van der Waals surface area contributed by atoms with Crippen molar-refractivity contribution < 1.29 is 24.2 Å². The Morgan fingerprint density at radius 3 is 1.41 bits per heavy atom. The van der Waals surface area contributed by atoms with E-state index in [1.165, 1.54) is 17.2 Å². The molecule has 4 fully saturated rings. The van der Waals surface area contributed by atoms with Gasteiger partial charge in [-0.3, -0.25) is 29.4 Å². The van der Waals surface area contributed by atoms with Gasteiger partial charge in [-0.05, 0) is 200 Å². The first-order valence-corrected chi connectivity index (χ1v) is 25.0. The van der Waals surface area contributed by atoms with Gasteiger partial charge in [-0.25, -0.2) is 4.39 Å². The van der Waals surface area contributed by atoms with Crippen molar-refractivity contribution in [3.05, 3.63) is 140 Å². The molecule has 2 aromatic carbocycles. The van der Waals surface area contributed by atoms with Crippen LogP contribution in [0.15, 0.2) is 102 Å². The van der Waals surface area contributed by atoms with Crippen molar-refractivity contribution in [2.45, 2.75) is 75.3 Å². The Morgan fingerprint density at radius 1 is 0.606 bits per heavy atom. The average molecular weight is 1000 g/mol. The van der Waals surface area contributed by atoms with Crippen molar-refractivity contribution in [1.82, 2.24) is 29.6 Å². The Kier molecular flexibility index (Phi) is 18.8. The highest BCUT2D eigenvalue weighted by Crippen LogP contribution is 2.34. The summed E-state index contributed by atoms with van der Waals surface area (Å²) in [6, 6.07) is 18.8. The van der Waals surface area contributed by atoms with E-state index in [0.29, 0.717) is 51.3 Å². The van der Waals surface area contributed by atoms with E-state index in [9.17, 15) is 24.2 Å². The summed E-state index contributed by atoms with van der Waals surface area (Å²) in [4.78, 5) is 42.2. The van der Waals surface area contributed by atoms with Crippen molar-refractivity contribution >= 4 is 63.1 Å². The second-order valence-electron chi connectivity index (χ2n) is 18.0. The van der Waals surface area contributed by atoms with Crippen LogP contribution in [0.1, 0.15) is 85.5 Å². The van der Waals surface area contributed by atoms with E-state index < -0.39 is 0 Å². The summed E-state index contributed by atoms with van der Waals surface area (Å²) in [7, 11) is 0. The fraction of sp³-hybridized carbons (Fsp3) is 0.462. The van der Waals surface area contributed by atoms with Gasteiger partial charge in [-0.2, -0.15) is 0 Å². The SMILES string of the molecule is O=C(/C=C/c1ccc(Cl)c(Cl)c1)N1CCC(C(CO)N2CCC(c3ccncc3)CC2)CC1.O=C(/C=C/c1ccc(F)c(Br)c1)N1CCC(C(CO)N2CCC(c3ccncc3)CC2)CC1. The number of nitrogens with zero attached hydrogens (tertiary/aromatic N) is 6. The highest BCUT2D eigenvalue weighted by atomic mass is 79.9. The van der Waals surface area contributed by atoms with Crippen LogP contribution in [0, 0.1) is 17.7 Å². The first-order valence-electron chi connectivity index (χ1n) is 23.4. The fourth-order valence-corrected chi connectivity index (χ4v) is 11.0. The molecule has 8 rings (SSSR count). The van der Waals surface area contributed by atoms with Crippen molar-refractivity contribution in [3.63, 3.8) is 0 Å². The zero-order valence-electron chi connectivity index (χ0n) is 37.5. The lowest BCUT2D eigenvalue weighted by Crippen LogP contribution is -2.50. The third kappa shape index (κ3) is 13.6. The molecule has 0 bridgehead atoms. The van der Waals surface area contributed by atoms with Gasteiger partial charge in [0.05, 0.1) is 27.7 Å². The summed E-state index contributed by atoms with van der Waals surface area (Å²) in [6.45, 7) is 7.18. The molecule has 4 saturated heterocycles. The largest absolute Gasteiger partial charge is 0.395 e. The number of aromatic nitrogens is 2. The first kappa shape index (κ1) is 49.9. The first-order chi connectivity index (χ1) is 32.1. The highest BCUT2D eigenvalue weighted by Gasteiger charge is 2.35. The maximum Gasteiger partial charge on any atom is 0.246 e. The maximum absolute atomic E-state index is 13.4. The van der Waals surface area contributed by atoms with E-state index in [0.717, 1.165) is 102 Å². The fourth-order valence-electron chi connectivity index (χ4n) is 10.3. The van der Waals surface area contributed by atoms with Gasteiger partial charge in [-0.1, -0.05) is 35.3 Å². The third-order valence-electron chi connectivity index (χ3n) is 14.2. The van der Waals surface area contributed by atoms with E-state index >= 15 is 0 Å². The molecular weight excluding hydrogens is 942 g/mol. The van der Waals surface area contributed by atoms with Gasteiger partial charge >= 0.3 is 0 Å². The molecular formula is C52H62BrCl2FN6O4. The Morgan fingerprint density at radius 2 is 1.02 bits per heavy atom. The molecule has 2 amide bonds.